The average molecular weight is 411 g/mol. The number of amides is 1. The minimum absolute atomic E-state index is 0.0142. The highest BCUT2D eigenvalue weighted by atomic mass is 16.5. The molecule has 30 heavy (non-hydrogen) atoms. The molecule has 0 unspecified atom stereocenters. The van der Waals surface area contributed by atoms with Crippen LogP contribution >= 0.6 is 0 Å². The fourth-order valence-corrected chi connectivity index (χ4v) is 3.75. The monoisotopic (exact) mass is 410 g/mol. The van der Waals surface area contributed by atoms with Crippen LogP contribution in [0.25, 0.3) is 10.9 Å². The third-order valence-electron chi connectivity index (χ3n) is 5.36. The van der Waals surface area contributed by atoms with Crippen LogP contribution in [0.2, 0.25) is 0 Å². The van der Waals surface area contributed by atoms with Crippen molar-refractivity contribution in [2.45, 2.75) is 39.3 Å². The Kier molecular flexibility index (Phi) is 6.87. The summed E-state index contributed by atoms with van der Waals surface area (Å²) in [5, 5.41) is 4.36. The van der Waals surface area contributed by atoms with Crippen LogP contribution in [0.3, 0.4) is 0 Å². The average Bonchev–Trinajstić information content (AvgIpc) is 3.14. The number of para-hydroxylation sites is 1. The zero-order valence-electron chi connectivity index (χ0n) is 18.3. The smallest absolute Gasteiger partial charge is 0.251 e. The van der Waals surface area contributed by atoms with Gasteiger partial charge in [0.1, 0.15) is 0 Å². The third kappa shape index (κ3) is 4.37. The molecule has 1 heterocycles. The number of nitrogens with one attached hydrogen (secondary N) is 1. The lowest BCUT2D eigenvalue weighted by Crippen LogP contribution is -2.32. The van der Waals surface area contributed by atoms with Crippen LogP contribution in [0.15, 0.2) is 42.6 Å². The second kappa shape index (κ2) is 9.57. The van der Waals surface area contributed by atoms with E-state index in [0.29, 0.717) is 22.8 Å². The topological polar surface area (TPSA) is 61.7 Å². The second-order valence-corrected chi connectivity index (χ2v) is 7.28. The molecule has 0 spiro atoms. The summed E-state index contributed by atoms with van der Waals surface area (Å²) in [5.74, 6) is 1.22. The van der Waals surface area contributed by atoms with E-state index in [1.165, 1.54) is 37.8 Å². The van der Waals surface area contributed by atoms with Crippen molar-refractivity contribution in [2.75, 3.05) is 21.3 Å². The van der Waals surface area contributed by atoms with Crippen molar-refractivity contribution >= 4 is 16.8 Å². The molecule has 160 valence electrons. The number of ether oxygens (including phenoxy) is 3. The van der Waals surface area contributed by atoms with Crippen LogP contribution in [0, 0.1) is 0 Å². The molecule has 6 heteroatoms. The lowest BCUT2D eigenvalue weighted by molar-refractivity contribution is 0.0937. The van der Waals surface area contributed by atoms with Crippen LogP contribution < -0.4 is 19.5 Å². The van der Waals surface area contributed by atoms with E-state index in [2.05, 4.69) is 47.3 Å². The number of hydrogen-bond donors (Lipinski definition) is 1. The summed E-state index contributed by atoms with van der Waals surface area (Å²) in [5.41, 5.74) is 3.03. The normalized spacial score (nSPS) is 11.9. The van der Waals surface area contributed by atoms with E-state index in [9.17, 15) is 4.79 Å². The fraction of sp³-hybridized carbons (Fsp3) is 0.375. The van der Waals surface area contributed by atoms with Gasteiger partial charge >= 0.3 is 0 Å². The van der Waals surface area contributed by atoms with Gasteiger partial charge in [0.05, 0.1) is 21.3 Å². The first-order valence-corrected chi connectivity index (χ1v) is 10.2. The molecule has 3 aromatic rings. The largest absolute Gasteiger partial charge is 0.493 e. The van der Waals surface area contributed by atoms with Crippen molar-refractivity contribution in [3.05, 3.63) is 53.7 Å². The maximum absolute atomic E-state index is 12.8. The lowest BCUT2D eigenvalue weighted by atomic mass is 10.0. The minimum Gasteiger partial charge on any atom is -0.493 e. The summed E-state index contributed by atoms with van der Waals surface area (Å²) in [6.45, 7) is 5.11. The van der Waals surface area contributed by atoms with Crippen LogP contribution in [0.1, 0.15) is 36.2 Å². The Bertz CT molecular complexity index is 1000. The maximum Gasteiger partial charge on any atom is 0.251 e. The van der Waals surface area contributed by atoms with Gasteiger partial charge in [-0.3, -0.25) is 4.79 Å². The Morgan fingerprint density at radius 1 is 1.07 bits per heavy atom. The van der Waals surface area contributed by atoms with Gasteiger partial charge < -0.3 is 24.1 Å². The summed E-state index contributed by atoms with van der Waals surface area (Å²) in [6, 6.07) is 11.8. The summed E-state index contributed by atoms with van der Waals surface area (Å²) in [6.07, 6.45) is 3.95. The third-order valence-corrected chi connectivity index (χ3v) is 5.36. The van der Waals surface area contributed by atoms with Crippen LogP contribution in [0.4, 0.5) is 0 Å². The molecule has 2 aromatic carbocycles. The number of aromatic nitrogens is 1. The van der Waals surface area contributed by atoms with Gasteiger partial charge in [0.25, 0.3) is 5.91 Å². The van der Waals surface area contributed by atoms with Crippen LogP contribution in [-0.4, -0.2) is 37.8 Å². The van der Waals surface area contributed by atoms with Gasteiger partial charge in [-0.2, -0.15) is 0 Å². The Morgan fingerprint density at radius 2 is 1.73 bits per heavy atom. The van der Waals surface area contributed by atoms with E-state index >= 15 is 0 Å². The Morgan fingerprint density at radius 3 is 2.33 bits per heavy atom. The summed E-state index contributed by atoms with van der Waals surface area (Å²) in [7, 11) is 4.61. The molecule has 1 amide bonds. The highest BCUT2D eigenvalue weighted by molar-refractivity contribution is 5.95. The number of hydrogen-bond acceptors (Lipinski definition) is 4. The van der Waals surface area contributed by atoms with Gasteiger partial charge in [-0.05, 0) is 50.5 Å². The molecule has 6 nitrogen and oxygen atoms in total. The number of methoxy groups -OCH3 is 3. The number of carbonyl (C=O) groups excluding carboxylic acids is 1. The molecule has 1 atom stereocenters. The number of nitrogens with zero attached hydrogens (tertiary/aromatic N) is 1. The molecule has 0 aliphatic heterocycles. The fourth-order valence-electron chi connectivity index (χ4n) is 3.75. The SMILES string of the molecule is CCn1cc(CC[C@H](C)NC(=O)c2cc(OC)c(OC)c(OC)c2)c2ccccc21. The van der Waals surface area contributed by atoms with E-state index in [1.807, 2.05) is 6.92 Å². The molecular weight excluding hydrogens is 380 g/mol. The van der Waals surface area contributed by atoms with Crippen LogP contribution in [-0.2, 0) is 13.0 Å². The summed E-state index contributed by atoms with van der Waals surface area (Å²) in [4.78, 5) is 12.8. The molecule has 0 radical (unpaired) electrons. The van der Waals surface area contributed by atoms with Gasteiger partial charge in [0, 0.05) is 35.2 Å². The molecule has 0 saturated heterocycles. The molecule has 1 N–H and O–H groups in total. The zero-order valence-corrected chi connectivity index (χ0v) is 18.3. The minimum atomic E-state index is -0.169. The highest BCUT2D eigenvalue weighted by Crippen LogP contribution is 2.38. The van der Waals surface area contributed by atoms with Crippen molar-refractivity contribution in [3.8, 4) is 17.2 Å². The van der Waals surface area contributed by atoms with E-state index in [4.69, 9.17) is 14.2 Å². The van der Waals surface area contributed by atoms with E-state index < -0.39 is 0 Å². The maximum atomic E-state index is 12.8. The van der Waals surface area contributed by atoms with Crippen molar-refractivity contribution in [1.29, 1.82) is 0 Å². The van der Waals surface area contributed by atoms with Gasteiger partial charge in [0.2, 0.25) is 5.75 Å². The van der Waals surface area contributed by atoms with Gasteiger partial charge in [0.15, 0.2) is 11.5 Å². The lowest BCUT2D eigenvalue weighted by Gasteiger charge is -2.16. The number of rotatable bonds is 9. The molecular formula is C24H30N2O4. The van der Waals surface area contributed by atoms with Crippen molar-refractivity contribution < 1.29 is 19.0 Å². The van der Waals surface area contributed by atoms with Gasteiger partial charge in [-0.15, -0.1) is 0 Å². The number of aryl methyl sites for hydroxylation is 2. The summed E-state index contributed by atoms with van der Waals surface area (Å²) < 4.78 is 18.3. The highest BCUT2D eigenvalue weighted by Gasteiger charge is 2.18. The first-order valence-electron chi connectivity index (χ1n) is 10.2. The van der Waals surface area contributed by atoms with Gasteiger partial charge in [-0.25, -0.2) is 0 Å². The Balaban J connectivity index is 1.70. The molecule has 0 aliphatic rings. The Labute approximate surface area is 177 Å². The van der Waals surface area contributed by atoms with Crippen molar-refractivity contribution in [3.63, 3.8) is 0 Å². The predicted molar refractivity (Wildman–Crippen MR) is 119 cm³/mol. The molecule has 0 saturated carbocycles. The Hall–Kier alpha value is -3.15. The standard InChI is InChI=1S/C24H30N2O4/c1-6-26-15-17(19-9-7-8-10-20(19)26)12-11-16(2)25-24(27)18-13-21(28-3)23(30-5)22(14-18)29-4/h7-10,13-16H,6,11-12H2,1-5H3,(H,25,27)/t16-/m0/s1. The zero-order chi connectivity index (χ0) is 21.7. The van der Waals surface area contributed by atoms with E-state index in [0.717, 1.165) is 19.4 Å². The second-order valence-electron chi connectivity index (χ2n) is 7.28. The number of benzene rings is 2. The number of carbonyl (C=O) groups is 1. The molecule has 3 rings (SSSR count). The predicted octanol–water partition coefficient (Wildman–Crippen LogP) is 4.44. The van der Waals surface area contributed by atoms with E-state index in [1.54, 1.807) is 12.1 Å². The summed E-state index contributed by atoms with van der Waals surface area (Å²) >= 11 is 0. The molecule has 0 aliphatic carbocycles. The first-order chi connectivity index (χ1) is 14.5. The van der Waals surface area contributed by atoms with Gasteiger partial charge in [-0.1, -0.05) is 18.2 Å². The first kappa shape index (κ1) is 21.6. The van der Waals surface area contributed by atoms with Crippen LogP contribution in [0.5, 0.6) is 17.2 Å². The quantitative estimate of drug-likeness (QED) is 0.567. The van der Waals surface area contributed by atoms with Crippen molar-refractivity contribution in [1.82, 2.24) is 9.88 Å². The molecule has 1 aromatic heterocycles. The molecule has 0 fully saturated rings. The number of fused-ring (bicyclic) bond motifs is 1. The van der Waals surface area contributed by atoms with Crippen molar-refractivity contribution in [2.24, 2.45) is 0 Å². The molecule has 0 bridgehead atoms. The van der Waals surface area contributed by atoms with E-state index in [-0.39, 0.29) is 11.9 Å².